The third kappa shape index (κ3) is 7.74. The molecule has 11 heteroatoms. The number of ketones is 1. The molecule has 228 valence electrons. The van der Waals surface area contributed by atoms with Gasteiger partial charge in [0.25, 0.3) is 11.8 Å². The average Bonchev–Trinajstić information content (AvgIpc) is 3.73. The summed E-state index contributed by atoms with van der Waals surface area (Å²) >= 11 is 0. The molecule has 2 heterocycles. The Morgan fingerprint density at radius 3 is 2.52 bits per heavy atom. The van der Waals surface area contributed by atoms with Gasteiger partial charge in [0.2, 0.25) is 11.7 Å². The molecule has 3 atom stereocenters. The Morgan fingerprint density at radius 2 is 1.79 bits per heavy atom. The standard InChI is InChI=1S/C31H43N5O6/c1-20(2)17-26(27(37)30-34-36(31(40)42-30)18-21-11-12-21)33-29(39)24-9-5-6-10-25(24)32-28(38)23-8-4-3-7-22(23)19-35-13-15-41-16-14-35/h3-4,7-8,20-21,24-26H,5-6,9-19H2,1-2H3,(H,32,38)(H,33,39)/t24-,25+,26+/m1/s1. The van der Waals surface area contributed by atoms with Crippen LogP contribution in [0, 0.1) is 17.8 Å². The molecule has 0 radical (unpaired) electrons. The van der Waals surface area contributed by atoms with Crippen molar-refractivity contribution in [1.82, 2.24) is 25.3 Å². The summed E-state index contributed by atoms with van der Waals surface area (Å²) in [6, 6.07) is 6.37. The monoisotopic (exact) mass is 581 g/mol. The van der Waals surface area contributed by atoms with E-state index >= 15 is 0 Å². The van der Waals surface area contributed by atoms with E-state index in [1.807, 2.05) is 38.1 Å². The minimum Gasteiger partial charge on any atom is -0.384 e. The Hall–Kier alpha value is -3.31. The fourth-order valence-electron chi connectivity index (χ4n) is 5.94. The molecule has 1 saturated heterocycles. The highest BCUT2D eigenvalue weighted by Gasteiger charge is 2.36. The first-order valence-electron chi connectivity index (χ1n) is 15.4. The number of amides is 2. The van der Waals surface area contributed by atoms with Crippen molar-refractivity contribution in [1.29, 1.82) is 0 Å². The molecule has 2 aromatic rings. The Kier molecular flexibility index (Phi) is 9.89. The normalized spacial score (nSPS) is 22.1. The summed E-state index contributed by atoms with van der Waals surface area (Å²) in [4.78, 5) is 55.1. The van der Waals surface area contributed by atoms with Gasteiger partial charge in [-0.25, -0.2) is 4.79 Å². The van der Waals surface area contributed by atoms with E-state index in [4.69, 9.17) is 9.15 Å². The first-order chi connectivity index (χ1) is 20.3. The molecule has 5 rings (SSSR count). The molecular weight excluding hydrogens is 538 g/mol. The summed E-state index contributed by atoms with van der Waals surface area (Å²) in [5.41, 5.74) is 1.55. The van der Waals surface area contributed by atoms with Crippen LogP contribution in [0.1, 0.15) is 85.4 Å². The molecule has 2 aliphatic carbocycles. The van der Waals surface area contributed by atoms with Crippen LogP contribution in [0.3, 0.4) is 0 Å². The van der Waals surface area contributed by atoms with Gasteiger partial charge in [-0.1, -0.05) is 44.9 Å². The lowest BCUT2D eigenvalue weighted by molar-refractivity contribution is -0.127. The van der Waals surface area contributed by atoms with Crippen LogP contribution in [0.2, 0.25) is 0 Å². The van der Waals surface area contributed by atoms with Crippen molar-refractivity contribution in [3.05, 3.63) is 51.8 Å². The summed E-state index contributed by atoms with van der Waals surface area (Å²) in [5, 5.41) is 10.2. The number of nitrogens with zero attached hydrogens (tertiary/aromatic N) is 3. The van der Waals surface area contributed by atoms with Gasteiger partial charge in [-0.05, 0) is 55.6 Å². The molecule has 1 aromatic heterocycles. The minimum atomic E-state index is -0.877. The van der Waals surface area contributed by atoms with Crippen LogP contribution in [-0.4, -0.2) is 70.7 Å². The van der Waals surface area contributed by atoms with Crippen LogP contribution in [0.4, 0.5) is 0 Å². The van der Waals surface area contributed by atoms with Gasteiger partial charge >= 0.3 is 5.76 Å². The minimum absolute atomic E-state index is 0.101. The lowest BCUT2D eigenvalue weighted by Crippen LogP contribution is -2.52. The van der Waals surface area contributed by atoms with Gasteiger partial charge < -0.3 is 19.8 Å². The van der Waals surface area contributed by atoms with Crippen molar-refractivity contribution in [2.75, 3.05) is 26.3 Å². The van der Waals surface area contributed by atoms with Gasteiger partial charge in [-0.15, -0.1) is 5.10 Å². The zero-order chi connectivity index (χ0) is 29.6. The van der Waals surface area contributed by atoms with E-state index < -0.39 is 23.5 Å². The molecule has 3 fully saturated rings. The molecule has 3 aliphatic rings. The number of benzene rings is 1. The maximum atomic E-state index is 13.7. The average molecular weight is 582 g/mol. The molecule has 0 unspecified atom stereocenters. The quantitative estimate of drug-likeness (QED) is 0.366. The number of carbonyl (C=O) groups is 3. The van der Waals surface area contributed by atoms with Crippen molar-refractivity contribution in [3.63, 3.8) is 0 Å². The van der Waals surface area contributed by atoms with E-state index in [0.29, 0.717) is 57.0 Å². The summed E-state index contributed by atoms with van der Waals surface area (Å²) in [5.74, 6) is -1.87. The molecule has 2 amide bonds. The zero-order valence-corrected chi connectivity index (χ0v) is 24.7. The maximum Gasteiger partial charge on any atom is 0.437 e. The molecule has 42 heavy (non-hydrogen) atoms. The Labute approximate surface area is 246 Å². The largest absolute Gasteiger partial charge is 0.437 e. The molecule has 11 nitrogen and oxygen atoms in total. The van der Waals surface area contributed by atoms with Gasteiger partial charge in [0.1, 0.15) is 0 Å². The summed E-state index contributed by atoms with van der Waals surface area (Å²) in [6.45, 7) is 8.04. The van der Waals surface area contributed by atoms with E-state index in [2.05, 4.69) is 20.6 Å². The van der Waals surface area contributed by atoms with Crippen LogP contribution in [0.25, 0.3) is 0 Å². The highest BCUT2D eigenvalue weighted by molar-refractivity contribution is 5.99. The van der Waals surface area contributed by atoms with Crippen molar-refractivity contribution in [2.45, 2.75) is 84.0 Å². The molecular formula is C31H43N5O6. The first-order valence-corrected chi connectivity index (χ1v) is 15.4. The maximum absolute atomic E-state index is 13.7. The van der Waals surface area contributed by atoms with Gasteiger partial charge in [-0.2, -0.15) is 4.68 Å². The number of rotatable bonds is 12. The third-order valence-corrected chi connectivity index (χ3v) is 8.46. The van der Waals surface area contributed by atoms with Crippen LogP contribution >= 0.6 is 0 Å². The van der Waals surface area contributed by atoms with Crippen molar-refractivity contribution < 1.29 is 23.5 Å². The Morgan fingerprint density at radius 1 is 1.05 bits per heavy atom. The van der Waals surface area contributed by atoms with Gasteiger partial charge in [0.05, 0.1) is 31.7 Å². The van der Waals surface area contributed by atoms with E-state index in [1.165, 1.54) is 4.68 Å². The highest BCUT2D eigenvalue weighted by atomic mass is 16.5. The molecule has 2 N–H and O–H groups in total. The second kappa shape index (κ2) is 13.8. The van der Waals surface area contributed by atoms with E-state index in [9.17, 15) is 19.2 Å². The predicted molar refractivity (Wildman–Crippen MR) is 155 cm³/mol. The number of aromatic nitrogens is 2. The Balaban J connectivity index is 1.26. The predicted octanol–water partition coefficient (Wildman–Crippen LogP) is 2.78. The third-order valence-electron chi connectivity index (χ3n) is 8.46. The second-order valence-electron chi connectivity index (χ2n) is 12.4. The number of ether oxygens (including phenoxy) is 1. The van der Waals surface area contributed by atoms with E-state index in [0.717, 1.165) is 44.3 Å². The van der Waals surface area contributed by atoms with Crippen LogP contribution in [0.15, 0.2) is 33.5 Å². The molecule has 0 spiro atoms. The first kappa shape index (κ1) is 30.2. The smallest absolute Gasteiger partial charge is 0.384 e. The van der Waals surface area contributed by atoms with Crippen LogP contribution < -0.4 is 16.4 Å². The van der Waals surface area contributed by atoms with Crippen molar-refractivity contribution in [2.24, 2.45) is 17.8 Å². The van der Waals surface area contributed by atoms with Gasteiger partial charge in [-0.3, -0.25) is 19.3 Å². The summed E-state index contributed by atoms with van der Waals surface area (Å²) in [7, 11) is 0. The number of Topliss-reactive ketones (excluding diaryl/α,β-unsaturated/α-hetero) is 1. The van der Waals surface area contributed by atoms with E-state index in [1.54, 1.807) is 0 Å². The number of hydrogen-bond donors (Lipinski definition) is 2. The fourth-order valence-corrected chi connectivity index (χ4v) is 5.94. The number of hydrogen-bond acceptors (Lipinski definition) is 8. The van der Waals surface area contributed by atoms with Gasteiger partial charge in [0, 0.05) is 31.2 Å². The van der Waals surface area contributed by atoms with Gasteiger partial charge in [0.15, 0.2) is 0 Å². The summed E-state index contributed by atoms with van der Waals surface area (Å²) < 4.78 is 11.9. The second-order valence-corrected chi connectivity index (χ2v) is 12.4. The summed E-state index contributed by atoms with van der Waals surface area (Å²) in [6.07, 6.45) is 5.50. The number of nitrogens with one attached hydrogen (secondary N) is 2. The van der Waals surface area contributed by atoms with Crippen LogP contribution in [0.5, 0.6) is 0 Å². The Bertz CT molecular complexity index is 1310. The highest BCUT2D eigenvalue weighted by Crippen LogP contribution is 2.30. The molecule has 1 aromatic carbocycles. The number of carbonyl (C=O) groups excluding carboxylic acids is 3. The van der Waals surface area contributed by atoms with E-state index in [-0.39, 0.29) is 29.7 Å². The lowest BCUT2D eigenvalue weighted by atomic mass is 9.83. The lowest BCUT2D eigenvalue weighted by Gasteiger charge is -2.33. The number of morpholine rings is 1. The molecule has 0 bridgehead atoms. The molecule has 2 saturated carbocycles. The topological polar surface area (TPSA) is 136 Å². The fraction of sp³-hybridized carbons (Fsp3) is 0.645. The zero-order valence-electron chi connectivity index (χ0n) is 24.7. The van der Waals surface area contributed by atoms with Crippen molar-refractivity contribution in [3.8, 4) is 0 Å². The SMILES string of the molecule is CC(C)C[C@H](NC(=O)[C@@H]1CCCC[C@@H]1NC(=O)c1ccccc1CN1CCOCC1)C(=O)c1nn(CC2CC2)c(=O)o1. The molecule has 1 aliphatic heterocycles. The van der Waals surface area contributed by atoms with Crippen LogP contribution in [-0.2, 0) is 22.6 Å². The van der Waals surface area contributed by atoms with Crippen molar-refractivity contribution >= 4 is 17.6 Å².